The summed E-state index contributed by atoms with van der Waals surface area (Å²) in [6.07, 6.45) is 0.685. The Bertz CT molecular complexity index is 390. The van der Waals surface area contributed by atoms with Crippen molar-refractivity contribution < 1.29 is 13.9 Å². The van der Waals surface area contributed by atoms with Gasteiger partial charge in [0.1, 0.15) is 11.4 Å². The number of nitrogens with zero attached hydrogens (tertiary/aromatic N) is 1. The molecule has 0 heterocycles. The molecule has 0 bridgehead atoms. The molecule has 0 aromatic heterocycles. The highest BCUT2D eigenvalue weighted by atomic mass is 19.1. The van der Waals surface area contributed by atoms with Crippen LogP contribution in [-0.4, -0.2) is 17.9 Å². The first-order chi connectivity index (χ1) is 7.37. The van der Waals surface area contributed by atoms with E-state index in [0.717, 1.165) is 0 Å². The molecule has 0 N–H and O–H groups in total. The molecule has 0 aliphatic carbocycles. The van der Waals surface area contributed by atoms with Gasteiger partial charge < -0.3 is 4.74 Å². The van der Waals surface area contributed by atoms with E-state index >= 15 is 0 Å². The third-order valence-corrected chi connectivity index (χ3v) is 1.58. The van der Waals surface area contributed by atoms with Crippen molar-refractivity contribution in [3.05, 3.63) is 35.6 Å². The molecule has 0 radical (unpaired) electrons. The van der Waals surface area contributed by atoms with E-state index in [9.17, 15) is 9.18 Å². The van der Waals surface area contributed by atoms with Crippen LogP contribution in [0, 0.1) is 5.82 Å². The normalized spacial score (nSPS) is 11.8. The first kappa shape index (κ1) is 12.4. The van der Waals surface area contributed by atoms with Gasteiger partial charge in [0, 0.05) is 6.21 Å². The summed E-state index contributed by atoms with van der Waals surface area (Å²) in [6.45, 7) is 5.29. The number of aliphatic imine (C=N–C) groups is 1. The number of carbonyl (C=O) groups is 1. The summed E-state index contributed by atoms with van der Waals surface area (Å²) in [5.74, 6) is -0.325. The van der Waals surface area contributed by atoms with Crippen LogP contribution in [0.25, 0.3) is 0 Å². The van der Waals surface area contributed by atoms with Crippen molar-refractivity contribution in [2.75, 3.05) is 0 Å². The van der Waals surface area contributed by atoms with Crippen molar-refractivity contribution in [2.24, 2.45) is 4.99 Å². The van der Waals surface area contributed by atoms with E-state index in [2.05, 4.69) is 4.99 Å². The third-order valence-electron chi connectivity index (χ3n) is 1.58. The standard InChI is InChI=1S/C12H14FNO2/c1-12(2,3)16-11(15)14-8-9-4-6-10(13)7-5-9/h4-8H,1-3H3/b14-8-. The van der Waals surface area contributed by atoms with Crippen molar-refractivity contribution in [1.29, 1.82) is 0 Å². The number of hydrogen-bond acceptors (Lipinski definition) is 2. The fourth-order valence-electron chi connectivity index (χ4n) is 0.964. The zero-order chi connectivity index (χ0) is 12.2. The van der Waals surface area contributed by atoms with Crippen molar-refractivity contribution in [3.63, 3.8) is 0 Å². The topological polar surface area (TPSA) is 38.7 Å². The van der Waals surface area contributed by atoms with Gasteiger partial charge in [0.25, 0.3) is 0 Å². The maximum absolute atomic E-state index is 12.6. The van der Waals surface area contributed by atoms with Gasteiger partial charge in [-0.2, -0.15) is 4.99 Å². The van der Waals surface area contributed by atoms with E-state index < -0.39 is 11.7 Å². The molecule has 0 saturated carbocycles. The molecule has 0 saturated heterocycles. The molecule has 1 aromatic carbocycles. The first-order valence-electron chi connectivity index (χ1n) is 4.89. The molecule has 0 atom stereocenters. The zero-order valence-corrected chi connectivity index (χ0v) is 9.53. The second kappa shape index (κ2) is 4.88. The molecule has 86 valence electrons. The molecule has 3 nitrogen and oxygen atoms in total. The maximum Gasteiger partial charge on any atom is 0.434 e. The number of ether oxygens (including phenoxy) is 1. The van der Waals surface area contributed by atoms with Gasteiger partial charge in [-0.15, -0.1) is 0 Å². The molecule has 1 aromatic rings. The van der Waals surface area contributed by atoms with Gasteiger partial charge in [-0.1, -0.05) is 12.1 Å². The van der Waals surface area contributed by atoms with Crippen molar-refractivity contribution >= 4 is 12.3 Å². The van der Waals surface area contributed by atoms with Crippen LogP contribution in [0.4, 0.5) is 9.18 Å². The summed E-state index contributed by atoms with van der Waals surface area (Å²) in [5, 5.41) is 0. The lowest BCUT2D eigenvalue weighted by atomic mass is 10.2. The largest absolute Gasteiger partial charge is 0.442 e. The van der Waals surface area contributed by atoms with Gasteiger partial charge in [-0.25, -0.2) is 9.18 Å². The smallest absolute Gasteiger partial charge is 0.434 e. The van der Waals surface area contributed by atoms with Crippen molar-refractivity contribution in [3.8, 4) is 0 Å². The van der Waals surface area contributed by atoms with Crippen LogP contribution >= 0.6 is 0 Å². The minimum Gasteiger partial charge on any atom is -0.442 e. The van der Waals surface area contributed by atoms with Crippen LogP contribution in [0.2, 0.25) is 0 Å². The summed E-state index contributed by atoms with van der Waals surface area (Å²) >= 11 is 0. The molecule has 1 amide bonds. The highest BCUT2D eigenvalue weighted by Crippen LogP contribution is 2.08. The van der Waals surface area contributed by atoms with Crippen molar-refractivity contribution in [2.45, 2.75) is 26.4 Å². The summed E-state index contributed by atoms with van der Waals surface area (Å²) in [5.41, 5.74) is 0.0873. The molecular formula is C12H14FNO2. The Morgan fingerprint density at radius 2 is 1.88 bits per heavy atom. The molecule has 0 aliphatic rings. The van der Waals surface area contributed by atoms with Gasteiger partial charge in [0.2, 0.25) is 0 Å². The first-order valence-corrected chi connectivity index (χ1v) is 4.89. The van der Waals surface area contributed by atoms with E-state index in [1.54, 1.807) is 20.8 Å². The van der Waals surface area contributed by atoms with Crippen LogP contribution in [0.1, 0.15) is 26.3 Å². The highest BCUT2D eigenvalue weighted by molar-refractivity contribution is 5.88. The fraction of sp³-hybridized carbons (Fsp3) is 0.333. The Morgan fingerprint density at radius 1 is 1.31 bits per heavy atom. The molecule has 1 rings (SSSR count). The number of halogens is 1. The Morgan fingerprint density at radius 3 is 2.38 bits per heavy atom. The van der Waals surface area contributed by atoms with Crippen LogP contribution in [-0.2, 0) is 4.74 Å². The lowest BCUT2D eigenvalue weighted by Crippen LogP contribution is -2.21. The number of rotatable bonds is 1. The van der Waals surface area contributed by atoms with Crippen LogP contribution in [0.5, 0.6) is 0 Å². The van der Waals surface area contributed by atoms with Crippen LogP contribution in [0.3, 0.4) is 0 Å². The van der Waals surface area contributed by atoms with Crippen LogP contribution in [0.15, 0.2) is 29.3 Å². The predicted molar refractivity (Wildman–Crippen MR) is 60.2 cm³/mol. The van der Waals surface area contributed by atoms with Crippen molar-refractivity contribution in [1.82, 2.24) is 0 Å². The molecule has 0 aliphatic heterocycles. The second-order valence-corrected chi connectivity index (χ2v) is 4.29. The van der Waals surface area contributed by atoms with Gasteiger partial charge in [-0.05, 0) is 38.5 Å². The molecule has 4 heteroatoms. The highest BCUT2D eigenvalue weighted by Gasteiger charge is 2.14. The second-order valence-electron chi connectivity index (χ2n) is 4.29. The predicted octanol–water partition coefficient (Wildman–Crippen LogP) is 3.18. The Hall–Kier alpha value is -1.71. The number of benzene rings is 1. The summed E-state index contributed by atoms with van der Waals surface area (Å²) in [4.78, 5) is 14.8. The SMILES string of the molecule is CC(C)(C)OC(=O)/N=C\c1ccc(F)cc1. The minimum atomic E-state index is -0.656. The summed E-state index contributed by atoms with van der Waals surface area (Å²) in [7, 11) is 0. The number of carbonyl (C=O) groups excluding carboxylic acids is 1. The Balaban J connectivity index is 2.60. The lowest BCUT2D eigenvalue weighted by molar-refractivity contribution is 0.0605. The monoisotopic (exact) mass is 223 g/mol. The Kier molecular flexibility index (Phi) is 3.77. The Labute approximate surface area is 94.0 Å². The van der Waals surface area contributed by atoms with Gasteiger partial charge in [0.05, 0.1) is 0 Å². The van der Waals surface area contributed by atoms with E-state index in [0.29, 0.717) is 5.56 Å². The average Bonchev–Trinajstić information content (AvgIpc) is 2.14. The minimum absolute atomic E-state index is 0.325. The van der Waals surface area contributed by atoms with Crippen LogP contribution < -0.4 is 0 Å². The third kappa shape index (κ3) is 4.68. The molecule has 0 unspecified atom stereocenters. The lowest BCUT2D eigenvalue weighted by Gasteiger charge is -2.16. The number of hydrogen-bond donors (Lipinski definition) is 0. The van der Waals surface area contributed by atoms with Gasteiger partial charge in [-0.3, -0.25) is 0 Å². The zero-order valence-electron chi connectivity index (χ0n) is 9.53. The molecular weight excluding hydrogens is 209 g/mol. The van der Waals surface area contributed by atoms with Gasteiger partial charge >= 0.3 is 6.09 Å². The summed E-state index contributed by atoms with van der Waals surface area (Å²) in [6, 6.07) is 5.67. The van der Waals surface area contributed by atoms with E-state index in [1.165, 1.54) is 30.5 Å². The molecule has 16 heavy (non-hydrogen) atoms. The van der Waals surface area contributed by atoms with E-state index in [4.69, 9.17) is 4.74 Å². The quantitative estimate of drug-likeness (QED) is 0.686. The molecule has 0 fully saturated rings. The summed E-state index contributed by atoms with van der Waals surface area (Å²) < 4.78 is 17.5. The van der Waals surface area contributed by atoms with Gasteiger partial charge in [0.15, 0.2) is 0 Å². The van der Waals surface area contributed by atoms with E-state index in [1.807, 2.05) is 0 Å². The molecule has 0 spiro atoms. The maximum atomic E-state index is 12.6. The number of amides is 1. The fourth-order valence-corrected chi connectivity index (χ4v) is 0.964. The average molecular weight is 223 g/mol. The van der Waals surface area contributed by atoms with E-state index in [-0.39, 0.29) is 5.82 Å².